The average Bonchev–Trinajstić information content (AvgIpc) is 3.45. The standard InChI is InChI=1S/C44H78N2O4/c1-5-6-7-8-9-10-11-12-13-14-15-16-17-18-19-20-40(49)45-29-30-46-41(50)24-21-33(2)36-22-23-37-42-38(26-28-44(36,37)4)43(3)27-25-35(47)31-34(43)32-39(42)48/h12-13,33-39,42,47-48H,5-11,14-32H2,1-4H3,(H,45,49)(H,46,50). The third kappa shape index (κ3) is 11.3. The second-order valence-corrected chi connectivity index (χ2v) is 18.0. The van der Waals surface area contributed by atoms with E-state index in [0.717, 1.165) is 44.9 Å². The van der Waals surface area contributed by atoms with Gasteiger partial charge in [-0.3, -0.25) is 9.59 Å². The van der Waals surface area contributed by atoms with Crippen LogP contribution in [0.25, 0.3) is 0 Å². The van der Waals surface area contributed by atoms with Crippen molar-refractivity contribution in [3.8, 4) is 0 Å². The van der Waals surface area contributed by atoms with Crippen LogP contribution < -0.4 is 10.6 Å². The number of carbonyl (C=O) groups is 2. The minimum absolute atomic E-state index is 0.0907. The first-order valence-electron chi connectivity index (χ1n) is 21.6. The summed E-state index contributed by atoms with van der Waals surface area (Å²) >= 11 is 0. The number of fused-ring (bicyclic) bond motifs is 5. The number of hydrogen-bond acceptors (Lipinski definition) is 4. The second-order valence-electron chi connectivity index (χ2n) is 18.0. The van der Waals surface area contributed by atoms with E-state index < -0.39 is 0 Å². The molecule has 4 aliphatic rings. The Balaban J connectivity index is 1.02. The van der Waals surface area contributed by atoms with Crippen LogP contribution in [0.15, 0.2) is 12.2 Å². The Bertz CT molecular complexity index is 1050. The van der Waals surface area contributed by atoms with Crippen molar-refractivity contribution in [3.63, 3.8) is 0 Å². The van der Waals surface area contributed by atoms with Crippen molar-refractivity contribution in [3.05, 3.63) is 12.2 Å². The summed E-state index contributed by atoms with van der Waals surface area (Å²) in [6, 6.07) is 0. The first kappa shape index (κ1) is 41.4. The van der Waals surface area contributed by atoms with Gasteiger partial charge in [-0.25, -0.2) is 0 Å². The van der Waals surface area contributed by atoms with Crippen LogP contribution in [0.4, 0.5) is 0 Å². The van der Waals surface area contributed by atoms with Gasteiger partial charge in [-0.1, -0.05) is 91.2 Å². The monoisotopic (exact) mass is 699 g/mol. The molecule has 10 unspecified atom stereocenters. The molecule has 0 saturated heterocycles. The molecule has 4 saturated carbocycles. The lowest BCUT2D eigenvalue weighted by molar-refractivity contribution is -0.174. The molecule has 50 heavy (non-hydrogen) atoms. The van der Waals surface area contributed by atoms with E-state index in [9.17, 15) is 19.8 Å². The van der Waals surface area contributed by atoms with Crippen LogP contribution in [-0.4, -0.2) is 47.3 Å². The molecule has 0 bridgehead atoms. The molecule has 4 aliphatic carbocycles. The van der Waals surface area contributed by atoms with Crippen molar-refractivity contribution in [2.75, 3.05) is 13.1 Å². The SMILES string of the molecule is CCCCCCCCC=CCCCCCCCC(=O)NCCNC(=O)CCC(C)C1CCC2C3C(O)CC4CC(O)CCC4(C)C3CCC12C. The van der Waals surface area contributed by atoms with Crippen LogP contribution >= 0.6 is 0 Å². The Kier molecular flexibility index (Phi) is 17.2. The number of allylic oxidation sites excluding steroid dienone is 2. The lowest BCUT2D eigenvalue weighted by Gasteiger charge is -2.62. The van der Waals surface area contributed by atoms with Crippen LogP contribution in [0.1, 0.15) is 182 Å². The summed E-state index contributed by atoms with van der Waals surface area (Å²) in [5.74, 6) is 3.24. The zero-order valence-corrected chi connectivity index (χ0v) is 32.9. The number of nitrogens with one attached hydrogen (secondary N) is 2. The van der Waals surface area contributed by atoms with Crippen molar-refractivity contribution in [1.29, 1.82) is 0 Å². The van der Waals surface area contributed by atoms with Crippen molar-refractivity contribution in [2.45, 2.75) is 194 Å². The first-order valence-corrected chi connectivity index (χ1v) is 21.6. The van der Waals surface area contributed by atoms with Crippen molar-refractivity contribution in [2.24, 2.45) is 46.3 Å². The van der Waals surface area contributed by atoms with Crippen molar-refractivity contribution in [1.82, 2.24) is 10.6 Å². The minimum Gasteiger partial charge on any atom is -0.393 e. The van der Waals surface area contributed by atoms with Crippen LogP contribution in [-0.2, 0) is 9.59 Å². The molecule has 0 radical (unpaired) electrons. The molecule has 2 amide bonds. The van der Waals surface area contributed by atoms with Crippen molar-refractivity contribution < 1.29 is 19.8 Å². The molecular formula is C44H78N2O4. The highest BCUT2D eigenvalue weighted by Gasteiger charge is 2.62. The average molecular weight is 699 g/mol. The highest BCUT2D eigenvalue weighted by atomic mass is 16.3. The van der Waals surface area contributed by atoms with Gasteiger partial charge in [-0.2, -0.15) is 0 Å². The topological polar surface area (TPSA) is 98.7 Å². The fourth-order valence-electron chi connectivity index (χ4n) is 11.7. The summed E-state index contributed by atoms with van der Waals surface area (Å²) < 4.78 is 0. The van der Waals surface area contributed by atoms with E-state index in [4.69, 9.17) is 0 Å². The quantitative estimate of drug-likeness (QED) is 0.0669. The van der Waals surface area contributed by atoms with Gasteiger partial charge < -0.3 is 20.8 Å². The molecule has 0 aromatic carbocycles. The Hall–Kier alpha value is -1.40. The van der Waals surface area contributed by atoms with E-state index in [1.54, 1.807) is 0 Å². The van der Waals surface area contributed by atoms with Crippen LogP contribution in [0.2, 0.25) is 0 Å². The summed E-state index contributed by atoms with van der Waals surface area (Å²) in [5, 5.41) is 27.9. The summed E-state index contributed by atoms with van der Waals surface area (Å²) in [7, 11) is 0. The molecule has 0 heterocycles. The molecule has 10 atom stereocenters. The molecule has 4 rings (SSSR count). The lowest BCUT2D eigenvalue weighted by atomic mass is 9.43. The van der Waals surface area contributed by atoms with E-state index in [1.807, 2.05) is 0 Å². The number of aliphatic hydroxyl groups excluding tert-OH is 2. The Morgan fingerprint density at radius 3 is 1.98 bits per heavy atom. The molecular weight excluding hydrogens is 620 g/mol. The maximum Gasteiger partial charge on any atom is 0.220 e. The molecule has 4 fully saturated rings. The smallest absolute Gasteiger partial charge is 0.220 e. The Morgan fingerprint density at radius 1 is 0.720 bits per heavy atom. The number of aliphatic hydroxyl groups is 2. The van der Waals surface area contributed by atoms with Gasteiger partial charge >= 0.3 is 0 Å². The van der Waals surface area contributed by atoms with Gasteiger partial charge in [0.2, 0.25) is 11.8 Å². The minimum atomic E-state index is -0.241. The maximum absolute atomic E-state index is 12.7. The molecule has 6 nitrogen and oxygen atoms in total. The maximum atomic E-state index is 12.7. The number of rotatable bonds is 22. The largest absolute Gasteiger partial charge is 0.393 e. The summed E-state index contributed by atoms with van der Waals surface area (Å²) in [6.07, 6.45) is 31.2. The number of unbranched alkanes of at least 4 members (excludes halogenated alkanes) is 11. The zero-order valence-electron chi connectivity index (χ0n) is 32.9. The van der Waals surface area contributed by atoms with E-state index in [0.29, 0.717) is 61.4 Å². The highest BCUT2D eigenvalue weighted by Crippen LogP contribution is 2.68. The fraction of sp³-hybridized carbons (Fsp3) is 0.909. The zero-order chi connectivity index (χ0) is 36.0. The second kappa shape index (κ2) is 20.7. The normalized spacial score (nSPS) is 34.2. The van der Waals surface area contributed by atoms with Gasteiger partial charge in [0.15, 0.2) is 0 Å². The number of amides is 2. The third-order valence-electron chi connectivity index (χ3n) is 14.7. The Labute approximate surface area is 307 Å². The molecule has 0 aliphatic heterocycles. The van der Waals surface area contributed by atoms with Gasteiger partial charge in [-0.05, 0) is 136 Å². The Morgan fingerprint density at radius 2 is 1.30 bits per heavy atom. The van der Waals surface area contributed by atoms with Crippen LogP contribution in [0.5, 0.6) is 0 Å². The van der Waals surface area contributed by atoms with Gasteiger partial charge in [-0.15, -0.1) is 0 Å². The van der Waals surface area contributed by atoms with E-state index >= 15 is 0 Å². The van der Waals surface area contributed by atoms with Gasteiger partial charge in [0, 0.05) is 25.9 Å². The van der Waals surface area contributed by atoms with Crippen molar-refractivity contribution >= 4 is 11.8 Å². The van der Waals surface area contributed by atoms with Crippen LogP contribution in [0.3, 0.4) is 0 Å². The van der Waals surface area contributed by atoms with E-state index in [2.05, 4.69) is 50.5 Å². The van der Waals surface area contributed by atoms with E-state index in [1.165, 1.54) is 96.3 Å². The molecule has 288 valence electrons. The predicted molar refractivity (Wildman–Crippen MR) is 206 cm³/mol. The summed E-state index contributed by atoms with van der Waals surface area (Å²) in [5.41, 5.74) is 0.499. The first-order chi connectivity index (χ1) is 24.1. The van der Waals surface area contributed by atoms with Gasteiger partial charge in [0.05, 0.1) is 12.2 Å². The highest BCUT2D eigenvalue weighted by molar-refractivity contribution is 5.77. The summed E-state index contributed by atoms with van der Waals surface area (Å²) in [4.78, 5) is 25.0. The lowest BCUT2D eigenvalue weighted by Crippen LogP contribution is -2.58. The molecule has 0 aromatic rings. The molecule has 0 aromatic heterocycles. The number of carbonyl (C=O) groups excluding carboxylic acids is 2. The third-order valence-corrected chi connectivity index (χ3v) is 14.7. The van der Waals surface area contributed by atoms with Gasteiger partial charge in [0.1, 0.15) is 0 Å². The predicted octanol–water partition coefficient (Wildman–Crippen LogP) is 9.66. The molecule has 4 N–H and O–H groups in total. The van der Waals surface area contributed by atoms with E-state index in [-0.39, 0.29) is 34.9 Å². The molecule has 6 heteroatoms. The summed E-state index contributed by atoms with van der Waals surface area (Å²) in [6.45, 7) is 10.6. The van der Waals surface area contributed by atoms with Gasteiger partial charge in [0.25, 0.3) is 0 Å². The fourth-order valence-corrected chi connectivity index (χ4v) is 11.7. The number of hydrogen-bond donors (Lipinski definition) is 4. The van der Waals surface area contributed by atoms with Crippen LogP contribution in [0, 0.1) is 46.3 Å². The molecule has 0 spiro atoms.